The summed E-state index contributed by atoms with van der Waals surface area (Å²) >= 11 is 0. The first-order valence-electron chi connectivity index (χ1n) is 11.8. The van der Waals surface area contributed by atoms with Crippen molar-refractivity contribution in [2.45, 2.75) is 6.54 Å². The number of nitrogens with zero attached hydrogens (tertiary/aromatic N) is 3. The molecule has 4 aromatic rings. The van der Waals surface area contributed by atoms with Crippen LogP contribution >= 0.6 is 0 Å². The second kappa shape index (κ2) is 10.7. The predicted molar refractivity (Wildman–Crippen MR) is 141 cm³/mol. The molecule has 0 fully saturated rings. The molecule has 0 saturated heterocycles. The monoisotopic (exact) mass is 492 g/mol. The highest BCUT2D eigenvalue weighted by Crippen LogP contribution is 2.29. The number of amides is 2. The Bertz CT molecular complexity index is 1460. The molecule has 0 saturated carbocycles. The molecule has 1 N–H and O–H groups in total. The molecule has 0 aliphatic carbocycles. The van der Waals surface area contributed by atoms with Crippen LogP contribution in [0.4, 0.5) is 11.4 Å². The number of nitrogens with one attached hydrogen (secondary N) is 1. The number of para-hydroxylation sites is 2. The van der Waals surface area contributed by atoms with Crippen LogP contribution in [0.2, 0.25) is 0 Å². The fourth-order valence-corrected chi connectivity index (χ4v) is 4.10. The lowest BCUT2D eigenvalue weighted by Gasteiger charge is -2.28. The van der Waals surface area contributed by atoms with Crippen LogP contribution in [0.15, 0.2) is 97.2 Å². The topological polar surface area (TPSA) is 93.5 Å². The van der Waals surface area contributed by atoms with E-state index in [1.54, 1.807) is 30.3 Å². The molecule has 37 heavy (non-hydrogen) atoms. The summed E-state index contributed by atoms with van der Waals surface area (Å²) in [6, 6.07) is 26.6. The van der Waals surface area contributed by atoms with Crippen molar-refractivity contribution in [3.8, 4) is 11.3 Å². The van der Waals surface area contributed by atoms with E-state index in [1.807, 2.05) is 71.5 Å². The molecule has 3 aromatic carbocycles. The number of aromatic nitrogens is 2. The van der Waals surface area contributed by atoms with Gasteiger partial charge < -0.3 is 10.1 Å². The quantitative estimate of drug-likeness (QED) is 0.309. The summed E-state index contributed by atoms with van der Waals surface area (Å²) in [4.78, 5) is 38.5. The summed E-state index contributed by atoms with van der Waals surface area (Å²) in [7, 11) is 0. The Kier molecular flexibility index (Phi) is 6.89. The summed E-state index contributed by atoms with van der Waals surface area (Å²) in [5.74, 6) is -1.46. The number of benzene rings is 3. The predicted octanol–water partition coefficient (Wildman–Crippen LogP) is 4.14. The number of hydrogen-bond acceptors (Lipinski definition) is 5. The third-order valence-corrected chi connectivity index (χ3v) is 5.83. The van der Waals surface area contributed by atoms with E-state index in [2.05, 4.69) is 5.32 Å². The second-order valence-electron chi connectivity index (χ2n) is 8.47. The highest BCUT2D eigenvalue weighted by atomic mass is 16.5. The van der Waals surface area contributed by atoms with Crippen LogP contribution in [0, 0.1) is 0 Å². The maximum absolute atomic E-state index is 12.7. The Labute approximate surface area is 213 Å². The van der Waals surface area contributed by atoms with Gasteiger partial charge in [0.15, 0.2) is 6.61 Å². The standard InChI is InChI=1S/C29H24N4O4/c34-26-19-33(25-14-8-7-13-24(25)30-26)27(35)20-37-28(36)16-15-23-18-32(17-21-9-3-1-4-10-21)31-29(23)22-11-5-2-6-12-22/h1-16,18H,17,19-20H2,(H,30,34)/b16-15+. The molecular weight excluding hydrogens is 468 g/mol. The maximum atomic E-state index is 12.7. The van der Waals surface area contributed by atoms with Gasteiger partial charge >= 0.3 is 5.97 Å². The zero-order chi connectivity index (χ0) is 25.6. The summed E-state index contributed by atoms with van der Waals surface area (Å²) in [6.45, 7) is -0.0355. The van der Waals surface area contributed by atoms with Crippen LogP contribution in [0.25, 0.3) is 17.3 Å². The van der Waals surface area contributed by atoms with Crippen LogP contribution in [-0.4, -0.2) is 40.7 Å². The van der Waals surface area contributed by atoms with Crippen molar-refractivity contribution in [2.24, 2.45) is 0 Å². The number of hydrogen-bond donors (Lipinski definition) is 1. The highest BCUT2D eigenvalue weighted by Gasteiger charge is 2.27. The maximum Gasteiger partial charge on any atom is 0.331 e. The third-order valence-electron chi connectivity index (χ3n) is 5.83. The number of anilines is 2. The lowest BCUT2D eigenvalue weighted by molar-refractivity contribution is -0.143. The number of carbonyl (C=O) groups excluding carboxylic acids is 3. The van der Waals surface area contributed by atoms with Crippen molar-refractivity contribution in [1.29, 1.82) is 0 Å². The minimum atomic E-state index is -0.669. The van der Waals surface area contributed by atoms with Gasteiger partial charge in [0.25, 0.3) is 5.91 Å². The van der Waals surface area contributed by atoms with E-state index in [9.17, 15) is 14.4 Å². The molecule has 1 aliphatic rings. The van der Waals surface area contributed by atoms with E-state index in [0.717, 1.165) is 22.4 Å². The largest absolute Gasteiger partial charge is 0.452 e. The van der Waals surface area contributed by atoms with E-state index in [1.165, 1.54) is 11.0 Å². The smallest absolute Gasteiger partial charge is 0.331 e. The molecule has 184 valence electrons. The summed E-state index contributed by atoms with van der Waals surface area (Å²) < 4.78 is 7.03. The van der Waals surface area contributed by atoms with Crippen LogP contribution in [0.1, 0.15) is 11.1 Å². The van der Waals surface area contributed by atoms with Gasteiger partial charge in [0, 0.05) is 23.4 Å². The van der Waals surface area contributed by atoms with E-state index in [4.69, 9.17) is 9.84 Å². The van der Waals surface area contributed by atoms with Crippen LogP contribution in [0.3, 0.4) is 0 Å². The second-order valence-corrected chi connectivity index (χ2v) is 8.47. The minimum absolute atomic E-state index is 0.135. The van der Waals surface area contributed by atoms with Gasteiger partial charge in [-0.15, -0.1) is 0 Å². The molecule has 5 rings (SSSR count). The van der Waals surface area contributed by atoms with Crippen LogP contribution < -0.4 is 10.2 Å². The Morgan fingerprint density at radius 1 is 0.946 bits per heavy atom. The number of esters is 1. The lowest BCUT2D eigenvalue weighted by Crippen LogP contribution is -2.43. The summed E-state index contributed by atoms with van der Waals surface area (Å²) in [6.07, 6.45) is 4.78. The molecule has 0 unspecified atom stereocenters. The normalized spacial score (nSPS) is 12.8. The number of carbonyl (C=O) groups is 3. The van der Waals surface area contributed by atoms with Crippen molar-refractivity contribution >= 4 is 35.2 Å². The Balaban J connectivity index is 1.28. The Morgan fingerprint density at radius 2 is 1.65 bits per heavy atom. The van der Waals surface area contributed by atoms with Crippen molar-refractivity contribution in [2.75, 3.05) is 23.4 Å². The average molecular weight is 493 g/mol. The molecule has 1 aliphatic heterocycles. The van der Waals surface area contributed by atoms with Crippen molar-refractivity contribution < 1.29 is 19.1 Å². The molecule has 8 heteroatoms. The summed E-state index contributed by atoms with van der Waals surface area (Å²) in [5, 5.41) is 7.46. The number of rotatable bonds is 7. The molecular formula is C29H24N4O4. The number of ether oxygens (including phenoxy) is 1. The Morgan fingerprint density at radius 3 is 2.43 bits per heavy atom. The zero-order valence-electron chi connectivity index (χ0n) is 19.9. The first-order chi connectivity index (χ1) is 18.1. The van der Waals surface area contributed by atoms with E-state index in [0.29, 0.717) is 17.9 Å². The van der Waals surface area contributed by atoms with E-state index >= 15 is 0 Å². The fourth-order valence-electron chi connectivity index (χ4n) is 4.10. The fraction of sp³-hybridized carbons (Fsp3) is 0.103. The van der Waals surface area contributed by atoms with Gasteiger partial charge in [0.2, 0.25) is 5.91 Å². The lowest BCUT2D eigenvalue weighted by atomic mass is 10.1. The number of fused-ring (bicyclic) bond motifs is 1. The van der Waals surface area contributed by atoms with Gasteiger partial charge in [-0.25, -0.2) is 4.79 Å². The van der Waals surface area contributed by atoms with Crippen LogP contribution in [-0.2, 0) is 25.7 Å². The van der Waals surface area contributed by atoms with E-state index < -0.39 is 18.5 Å². The molecule has 1 aromatic heterocycles. The molecule has 2 amide bonds. The van der Waals surface area contributed by atoms with Crippen molar-refractivity contribution in [3.63, 3.8) is 0 Å². The van der Waals surface area contributed by atoms with Crippen molar-refractivity contribution in [1.82, 2.24) is 9.78 Å². The van der Waals surface area contributed by atoms with Crippen LogP contribution in [0.5, 0.6) is 0 Å². The Hall–Kier alpha value is -4.98. The first kappa shape index (κ1) is 23.7. The van der Waals surface area contributed by atoms with Gasteiger partial charge in [0.1, 0.15) is 6.54 Å². The minimum Gasteiger partial charge on any atom is -0.452 e. The average Bonchev–Trinajstić information content (AvgIpc) is 3.33. The van der Waals surface area contributed by atoms with E-state index in [-0.39, 0.29) is 12.5 Å². The first-order valence-corrected chi connectivity index (χ1v) is 11.8. The van der Waals surface area contributed by atoms with Gasteiger partial charge in [0.05, 0.1) is 23.6 Å². The van der Waals surface area contributed by atoms with Crippen molar-refractivity contribution in [3.05, 3.63) is 108 Å². The SMILES string of the molecule is O=C1CN(C(=O)COC(=O)/C=C/c2cn(Cc3ccccc3)nc2-c2ccccc2)c2ccccc2N1. The molecule has 8 nitrogen and oxygen atoms in total. The van der Waals surface area contributed by atoms with Gasteiger partial charge in [-0.3, -0.25) is 19.2 Å². The molecule has 0 bridgehead atoms. The van der Waals surface area contributed by atoms with Gasteiger partial charge in [-0.05, 0) is 23.8 Å². The zero-order valence-corrected chi connectivity index (χ0v) is 19.9. The van der Waals surface area contributed by atoms with Gasteiger partial charge in [-0.2, -0.15) is 5.10 Å². The summed E-state index contributed by atoms with van der Waals surface area (Å²) in [5.41, 5.74) is 4.60. The van der Waals surface area contributed by atoms with Gasteiger partial charge in [-0.1, -0.05) is 72.8 Å². The molecule has 2 heterocycles. The molecule has 0 spiro atoms. The molecule has 0 radical (unpaired) electrons. The molecule has 0 atom stereocenters. The highest BCUT2D eigenvalue weighted by molar-refractivity contribution is 6.10. The third kappa shape index (κ3) is 5.65.